The molecular weight excluding hydrogens is 368 g/mol. The van der Waals surface area contributed by atoms with Crippen LogP contribution in [0.2, 0.25) is 0 Å². The van der Waals surface area contributed by atoms with E-state index in [1.54, 1.807) is 19.1 Å². The first-order valence-corrected chi connectivity index (χ1v) is 9.67. The molecule has 0 aliphatic carbocycles. The largest absolute Gasteiger partial charge is 0.435 e. The summed E-state index contributed by atoms with van der Waals surface area (Å²) < 4.78 is 28.8. The van der Waals surface area contributed by atoms with E-state index in [1.807, 2.05) is 0 Å². The zero-order chi connectivity index (χ0) is 20.3. The van der Waals surface area contributed by atoms with Crippen LogP contribution in [0, 0.1) is 5.92 Å². The highest BCUT2D eigenvalue weighted by molar-refractivity contribution is 6.06. The highest BCUT2D eigenvalue weighted by Crippen LogP contribution is 2.25. The Balaban J connectivity index is 1.56. The molecule has 2 heterocycles. The van der Waals surface area contributed by atoms with Crippen molar-refractivity contribution in [3.8, 4) is 5.75 Å². The van der Waals surface area contributed by atoms with Crippen molar-refractivity contribution in [1.29, 1.82) is 0 Å². The first-order valence-electron chi connectivity index (χ1n) is 9.67. The van der Waals surface area contributed by atoms with Gasteiger partial charge in [-0.3, -0.25) is 9.69 Å². The van der Waals surface area contributed by atoms with Gasteiger partial charge < -0.3 is 10.1 Å². The monoisotopic (exact) mass is 395 g/mol. The molecule has 2 saturated heterocycles. The summed E-state index contributed by atoms with van der Waals surface area (Å²) in [7, 11) is 0. The SMILES string of the molecule is CC1CCN(CN2C(=O)N[C@](C)(CCc3ccc(OC(F)F)cc3)C2=O)CC1. The highest BCUT2D eigenvalue weighted by Gasteiger charge is 2.47. The topological polar surface area (TPSA) is 61.9 Å². The van der Waals surface area contributed by atoms with Crippen molar-refractivity contribution in [1.82, 2.24) is 15.1 Å². The number of hydrogen-bond donors (Lipinski definition) is 1. The van der Waals surface area contributed by atoms with E-state index in [1.165, 1.54) is 17.0 Å². The van der Waals surface area contributed by atoms with E-state index in [4.69, 9.17) is 0 Å². The second kappa shape index (κ2) is 8.43. The number of ether oxygens (including phenoxy) is 1. The van der Waals surface area contributed by atoms with E-state index >= 15 is 0 Å². The number of rotatable bonds is 7. The van der Waals surface area contributed by atoms with Gasteiger partial charge in [0.1, 0.15) is 11.3 Å². The fraction of sp³-hybridized carbons (Fsp3) is 0.600. The Morgan fingerprint density at radius 2 is 1.86 bits per heavy atom. The molecule has 6 nitrogen and oxygen atoms in total. The number of nitrogens with one attached hydrogen (secondary N) is 1. The number of hydrogen-bond acceptors (Lipinski definition) is 4. The Labute approximate surface area is 163 Å². The van der Waals surface area contributed by atoms with Gasteiger partial charge >= 0.3 is 12.6 Å². The van der Waals surface area contributed by atoms with Gasteiger partial charge in [-0.05, 0) is 56.2 Å². The molecule has 28 heavy (non-hydrogen) atoms. The van der Waals surface area contributed by atoms with Gasteiger partial charge in [0.2, 0.25) is 0 Å². The van der Waals surface area contributed by atoms with Crippen LogP contribution < -0.4 is 10.1 Å². The van der Waals surface area contributed by atoms with Crippen LogP contribution in [0.15, 0.2) is 24.3 Å². The highest BCUT2D eigenvalue weighted by atomic mass is 19.3. The van der Waals surface area contributed by atoms with Crippen molar-refractivity contribution >= 4 is 11.9 Å². The van der Waals surface area contributed by atoms with E-state index in [0.717, 1.165) is 31.5 Å². The van der Waals surface area contributed by atoms with Crippen LogP contribution in [0.4, 0.5) is 13.6 Å². The molecule has 0 radical (unpaired) electrons. The predicted octanol–water partition coefficient (Wildman–Crippen LogP) is 3.22. The van der Waals surface area contributed by atoms with Gasteiger partial charge in [-0.25, -0.2) is 9.69 Å². The number of aryl methyl sites for hydroxylation is 1. The maximum absolute atomic E-state index is 12.9. The Hall–Kier alpha value is -2.22. The molecule has 8 heteroatoms. The predicted molar refractivity (Wildman–Crippen MR) is 100 cm³/mol. The molecule has 2 aliphatic heterocycles. The first kappa shape index (κ1) is 20.5. The third-order valence-corrected chi connectivity index (χ3v) is 5.63. The Bertz CT molecular complexity index is 705. The fourth-order valence-electron chi connectivity index (χ4n) is 3.68. The summed E-state index contributed by atoms with van der Waals surface area (Å²) in [6.07, 6.45) is 3.12. The van der Waals surface area contributed by atoms with Crippen LogP contribution in [-0.4, -0.2) is 53.6 Å². The second-order valence-electron chi connectivity index (χ2n) is 7.96. The molecule has 0 aromatic heterocycles. The van der Waals surface area contributed by atoms with Crippen molar-refractivity contribution in [2.24, 2.45) is 5.92 Å². The van der Waals surface area contributed by atoms with Crippen LogP contribution in [0.25, 0.3) is 0 Å². The lowest BCUT2D eigenvalue weighted by Gasteiger charge is -2.32. The average molecular weight is 395 g/mol. The number of carbonyl (C=O) groups is 2. The summed E-state index contributed by atoms with van der Waals surface area (Å²) in [4.78, 5) is 28.7. The normalized spacial score (nSPS) is 24.1. The van der Waals surface area contributed by atoms with E-state index < -0.39 is 12.2 Å². The Morgan fingerprint density at radius 1 is 1.21 bits per heavy atom. The molecule has 1 N–H and O–H groups in total. The summed E-state index contributed by atoms with van der Waals surface area (Å²) in [5, 5.41) is 2.82. The molecular formula is C20H27F2N3O3. The molecule has 1 aromatic carbocycles. The second-order valence-corrected chi connectivity index (χ2v) is 7.96. The van der Waals surface area contributed by atoms with Crippen molar-refractivity contribution in [3.63, 3.8) is 0 Å². The van der Waals surface area contributed by atoms with Gasteiger partial charge in [0.15, 0.2) is 0 Å². The van der Waals surface area contributed by atoms with Crippen molar-refractivity contribution in [2.45, 2.75) is 51.7 Å². The lowest BCUT2D eigenvalue weighted by molar-refractivity contribution is -0.132. The van der Waals surface area contributed by atoms with Gasteiger partial charge in [-0.15, -0.1) is 0 Å². The zero-order valence-electron chi connectivity index (χ0n) is 16.3. The maximum Gasteiger partial charge on any atom is 0.387 e. The quantitative estimate of drug-likeness (QED) is 0.720. The number of imide groups is 1. The fourth-order valence-corrected chi connectivity index (χ4v) is 3.68. The van der Waals surface area contributed by atoms with E-state index in [2.05, 4.69) is 21.9 Å². The molecule has 154 valence electrons. The number of piperidine rings is 1. The Morgan fingerprint density at radius 3 is 2.46 bits per heavy atom. The van der Waals surface area contributed by atoms with Crippen LogP contribution in [0.5, 0.6) is 5.75 Å². The zero-order valence-corrected chi connectivity index (χ0v) is 16.3. The minimum atomic E-state index is -2.86. The van der Waals surface area contributed by atoms with Crippen LogP contribution in [0.1, 0.15) is 38.7 Å². The summed E-state index contributed by atoms with van der Waals surface area (Å²) in [5.41, 5.74) is -0.0773. The number of likely N-dealkylation sites (tertiary alicyclic amines) is 1. The van der Waals surface area contributed by atoms with Gasteiger partial charge in [-0.1, -0.05) is 19.1 Å². The van der Waals surface area contributed by atoms with Gasteiger partial charge in [0.05, 0.1) is 6.67 Å². The lowest BCUT2D eigenvalue weighted by atomic mass is 9.93. The summed E-state index contributed by atoms with van der Waals surface area (Å²) in [5.74, 6) is 0.563. The molecule has 3 rings (SSSR count). The maximum atomic E-state index is 12.9. The van der Waals surface area contributed by atoms with Gasteiger partial charge in [-0.2, -0.15) is 8.78 Å². The van der Waals surface area contributed by atoms with Crippen LogP contribution in [-0.2, 0) is 11.2 Å². The molecule has 1 aromatic rings. The molecule has 0 saturated carbocycles. The molecule has 0 spiro atoms. The standard InChI is InChI=1S/C20H27F2N3O3/c1-14-8-11-24(12-9-14)13-25-17(26)20(2,23-19(25)27)10-7-15-3-5-16(6-4-15)28-18(21)22/h3-6,14,18H,7-13H2,1-2H3,(H,23,27)/t20-/m1/s1. The first-order chi connectivity index (χ1) is 13.3. The van der Waals surface area contributed by atoms with Crippen molar-refractivity contribution in [2.75, 3.05) is 19.8 Å². The Kier molecular flexibility index (Phi) is 6.17. The number of nitrogens with zero attached hydrogens (tertiary/aromatic N) is 2. The molecule has 2 aliphatic rings. The number of carbonyl (C=O) groups excluding carboxylic acids is 2. The number of benzene rings is 1. The lowest BCUT2D eigenvalue weighted by Crippen LogP contribution is -2.47. The summed E-state index contributed by atoms with van der Waals surface area (Å²) in [6, 6.07) is 5.97. The number of alkyl halides is 2. The molecule has 0 unspecified atom stereocenters. The van der Waals surface area contributed by atoms with Crippen LogP contribution in [0.3, 0.4) is 0 Å². The van der Waals surface area contributed by atoms with E-state index in [-0.39, 0.29) is 17.7 Å². The van der Waals surface area contributed by atoms with Crippen molar-refractivity contribution < 1.29 is 23.1 Å². The van der Waals surface area contributed by atoms with Gasteiger partial charge in [0.25, 0.3) is 5.91 Å². The number of amides is 3. The van der Waals surface area contributed by atoms with Crippen molar-refractivity contribution in [3.05, 3.63) is 29.8 Å². The van der Waals surface area contributed by atoms with Crippen LogP contribution >= 0.6 is 0 Å². The minimum absolute atomic E-state index is 0.0947. The molecule has 2 fully saturated rings. The summed E-state index contributed by atoms with van der Waals surface area (Å²) in [6.45, 7) is 3.20. The van der Waals surface area contributed by atoms with E-state index in [0.29, 0.717) is 25.4 Å². The average Bonchev–Trinajstić information content (AvgIpc) is 2.86. The third-order valence-electron chi connectivity index (χ3n) is 5.63. The van der Waals surface area contributed by atoms with Gasteiger partial charge in [0, 0.05) is 13.1 Å². The summed E-state index contributed by atoms with van der Waals surface area (Å²) >= 11 is 0. The van der Waals surface area contributed by atoms with E-state index in [9.17, 15) is 18.4 Å². The smallest absolute Gasteiger partial charge is 0.387 e. The minimum Gasteiger partial charge on any atom is -0.435 e. The molecule has 1 atom stereocenters. The molecule has 0 bridgehead atoms. The third kappa shape index (κ3) is 4.79. The number of urea groups is 1. The molecule has 3 amide bonds. The number of halogens is 2.